The molecule has 192 valence electrons. The average molecular weight is 513 g/mol. The second kappa shape index (κ2) is 11.2. The molecule has 10 heteroatoms. The van der Waals surface area contributed by atoms with Crippen molar-refractivity contribution in [1.82, 2.24) is 19.3 Å². The third kappa shape index (κ3) is 5.93. The Morgan fingerprint density at radius 3 is 2.64 bits per heavy atom. The Balaban J connectivity index is 1.40. The van der Waals surface area contributed by atoms with Crippen LogP contribution in [0, 0.1) is 6.92 Å². The van der Waals surface area contributed by atoms with Crippen LogP contribution in [0.1, 0.15) is 42.7 Å². The monoisotopic (exact) mass is 512 g/mol. The summed E-state index contributed by atoms with van der Waals surface area (Å²) in [5.41, 5.74) is 2.62. The van der Waals surface area contributed by atoms with Gasteiger partial charge in [-0.1, -0.05) is 35.3 Å². The zero-order valence-corrected chi connectivity index (χ0v) is 21.8. The molecule has 1 saturated heterocycles. The average Bonchev–Trinajstić information content (AvgIpc) is 3.36. The molecule has 1 amide bonds. The Kier molecular flexibility index (Phi) is 8.05. The number of ether oxygens (including phenoxy) is 1. The molecule has 1 aromatic heterocycles. The minimum atomic E-state index is -3.57. The number of methoxy groups -OCH3 is 1. The van der Waals surface area contributed by atoms with E-state index in [4.69, 9.17) is 9.26 Å². The quantitative estimate of drug-likeness (QED) is 0.429. The van der Waals surface area contributed by atoms with Gasteiger partial charge in [0.2, 0.25) is 27.6 Å². The van der Waals surface area contributed by atoms with Crippen LogP contribution < -0.4 is 4.74 Å². The number of sulfonamides is 1. The number of benzene rings is 2. The fraction of sp³-hybridized carbons (Fsp3) is 0.423. The highest BCUT2D eigenvalue weighted by Crippen LogP contribution is 2.27. The van der Waals surface area contributed by atoms with Gasteiger partial charge in [-0.2, -0.15) is 9.29 Å². The van der Waals surface area contributed by atoms with Crippen LogP contribution in [0.3, 0.4) is 0 Å². The number of carbonyl (C=O) groups is 1. The second-order valence-electron chi connectivity index (χ2n) is 9.07. The van der Waals surface area contributed by atoms with Crippen molar-refractivity contribution in [2.75, 3.05) is 27.2 Å². The zero-order valence-electron chi connectivity index (χ0n) is 20.9. The van der Waals surface area contributed by atoms with E-state index in [-0.39, 0.29) is 23.8 Å². The van der Waals surface area contributed by atoms with Crippen molar-refractivity contribution >= 4 is 15.9 Å². The summed E-state index contributed by atoms with van der Waals surface area (Å²) < 4.78 is 38.5. The molecule has 1 aliphatic rings. The maximum Gasteiger partial charge on any atom is 0.246 e. The number of carbonyl (C=O) groups excluding carboxylic acids is 1. The number of nitrogens with zero attached hydrogens (tertiary/aromatic N) is 4. The van der Waals surface area contributed by atoms with Gasteiger partial charge >= 0.3 is 0 Å². The third-order valence-corrected chi connectivity index (χ3v) is 8.25. The topological polar surface area (TPSA) is 106 Å². The van der Waals surface area contributed by atoms with Crippen LogP contribution in [0.15, 0.2) is 51.9 Å². The molecule has 3 aromatic rings. The predicted octanol–water partition coefficient (Wildman–Crippen LogP) is 3.82. The van der Waals surface area contributed by atoms with Crippen molar-refractivity contribution in [3.05, 3.63) is 59.5 Å². The predicted molar refractivity (Wildman–Crippen MR) is 135 cm³/mol. The second-order valence-corrected chi connectivity index (χ2v) is 11.0. The summed E-state index contributed by atoms with van der Waals surface area (Å²) in [6.07, 6.45) is 3.31. The summed E-state index contributed by atoms with van der Waals surface area (Å²) in [6.45, 7) is 3.24. The summed E-state index contributed by atoms with van der Waals surface area (Å²) in [5.74, 6) is 1.25. The lowest BCUT2D eigenvalue weighted by Crippen LogP contribution is -2.35. The first-order chi connectivity index (χ1) is 17.3. The van der Waals surface area contributed by atoms with Crippen molar-refractivity contribution in [2.24, 2.45) is 0 Å². The molecule has 0 radical (unpaired) electrons. The molecule has 0 saturated carbocycles. The van der Waals surface area contributed by atoms with Gasteiger partial charge in [-0.05, 0) is 56.0 Å². The molecule has 0 aliphatic carbocycles. The number of hydrogen-bond donors (Lipinski definition) is 0. The van der Waals surface area contributed by atoms with E-state index in [1.54, 1.807) is 25.2 Å². The normalized spacial score (nSPS) is 14.5. The van der Waals surface area contributed by atoms with E-state index in [1.165, 1.54) is 16.3 Å². The van der Waals surface area contributed by atoms with E-state index in [9.17, 15) is 13.2 Å². The van der Waals surface area contributed by atoms with Crippen LogP contribution in [-0.2, 0) is 27.8 Å². The molecule has 0 spiro atoms. The minimum Gasteiger partial charge on any atom is -0.496 e. The summed E-state index contributed by atoms with van der Waals surface area (Å²) in [7, 11) is -0.365. The molecule has 2 aromatic carbocycles. The third-order valence-electron chi connectivity index (χ3n) is 6.36. The summed E-state index contributed by atoms with van der Waals surface area (Å²) in [4.78, 5) is 19.0. The van der Waals surface area contributed by atoms with Crippen LogP contribution in [0.2, 0.25) is 0 Å². The summed E-state index contributed by atoms with van der Waals surface area (Å²) >= 11 is 0. The van der Waals surface area contributed by atoms with E-state index >= 15 is 0 Å². The Morgan fingerprint density at radius 1 is 1.14 bits per heavy atom. The Hall–Kier alpha value is -3.24. The van der Waals surface area contributed by atoms with Gasteiger partial charge in [0.25, 0.3) is 0 Å². The van der Waals surface area contributed by atoms with Crippen molar-refractivity contribution < 1.29 is 22.5 Å². The summed E-state index contributed by atoms with van der Waals surface area (Å²) in [6, 6.07) is 12.7. The molecule has 0 N–H and O–H groups in total. The van der Waals surface area contributed by atoms with Crippen LogP contribution >= 0.6 is 0 Å². The highest BCUT2D eigenvalue weighted by molar-refractivity contribution is 7.89. The van der Waals surface area contributed by atoms with Crippen LogP contribution in [-0.4, -0.2) is 60.9 Å². The van der Waals surface area contributed by atoms with Gasteiger partial charge in [-0.25, -0.2) is 8.42 Å². The number of aryl methyl sites for hydroxylation is 2. The molecular weight excluding hydrogens is 480 g/mol. The minimum absolute atomic E-state index is 0.128. The molecule has 0 unspecified atom stereocenters. The smallest absolute Gasteiger partial charge is 0.246 e. The van der Waals surface area contributed by atoms with Gasteiger partial charge in [-0.3, -0.25) is 4.79 Å². The van der Waals surface area contributed by atoms with Crippen LogP contribution in [0.4, 0.5) is 0 Å². The molecule has 1 aliphatic heterocycles. The van der Waals surface area contributed by atoms with E-state index in [2.05, 4.69) is 10.1 Å². The van der Waals surface area contributed by atoms with Gasteiger partial charge < -0.3 is 14.2 Å². The fourth-order valence-corrected chi connectivity index (χ4v) is 5.88. The maximum atomic E-state index is 13.1. The Bertz CT molecular complexity index is 1320. The van der Waals surface area contributed by atoms with Crippen LogP contribution in [0.25, 0.3) is 11.4 Å². The van der Waals surface area contributed by atoms with Crippen molar-refractivity contribution in [3.8, 4) is 17.1 Å². The van der Waals surface area contributed by atoms with E-state index in [0.29, 0.717) is 42.5 Å². The molecule has 36 heavy (non-hydrogen) atoms. The molecule has 2 heterocycles. The molecule has 4 rings (SSSR count). The largest absolute Gasteiger partial charge is 0.496 e. The lowest BCUT2D eigenvalue weighted by molar-refractivity contribution is -0.130. The first-order valence-corrected chi connectivity index (χ1v) is 13.5. The first-order valence-electron chi connectivity index (χ1n) is 12.1. The fourth-order valence-electron chi connectivity index (χ4n) is 4.31. The van der Waals surface area contributed by atoms with Crippen molar-refractivity contribution in [3.63, 3.8) is 0 Å². The van der Waals surface area contributed by atoms with E-state index < -0.39 is 10.0 Å². The van der Waals surface area contributed by atoms with E-state index in [1.807, 2.05) is 31.2 Å². The van der Waals surface area contributed by atoms with Gasteiger partial charge in [0.1, 0.15) is 5.75 Å². The molecule has 0 atom stereocenters. The molecule has 1 fully saturated rings. The number of rotatable bonds is 9. The van der Waals surface area contributed by atoms with Gasteiger partial charge in [-0.15, -0.1) is 0 Å². The highest BCUT2D eigenvalue weighted by atomic mass is 32.2. The first kappa shape index (κ1) is 25.8. The molecule has 0 bridgehead atoms. The number of hydrogen-bond acceptors (Lipinski definition) is 7. The zero-order chi connectivity index (χ0) is 25.7. The van der Waals surface area contributed by atoms with Gasteiger partial charge in [0.05, 0.1) is 18.6 Å². The lowest BCUT2D eigenvalue weighted by atomic mass is 10.1. The Morgan fingerprint density at radius 2 is 1.92 bits per heavy atom. The van der Waals surface area contributed by atoms with Crippen molar-refractivity contribution in [2.45, 2.75) is 50.5 Å². The van der Waals surface area contributed by atoms with Gasteiger partial charge in [0, 0.05) is 32.1 Å². The highest BCUT2D eigenvalue weighted by Gasteiger charge is 2.27. The summed E-state index contributed by atoms with van der Waals surface area (Å²) in [5, 5.41) is 4.03. The standard InChI is InChI=1S/C26H32N4O5S/c1-19-8-7-9-21(16-19)26-27-24(35-28-26)18-29(2)25(31)13-10-20-17-22(11-12-23(20)34-3)36(32,33)30-14-5-4-6-15-30/h7-9,11-12,16-17H,4-6,10,13-15,18H2,1-3H3. The SMILES string of the molecule is COc1ccc(S(=O)(=O)N2CCCCC2)cc1CCC(=O)N(C)Cc1nc(-c2cccc(C)c2)no1. The Labute approximate surface area is 212 Å². The molecular formula is C26H32N4O5S. The number of aromatic nitrogens is 2. The number of piperidine rings is 1. The van der Waals surface area contributed by atoms with Crippen molar-refractivity contribution in [1.29, 1.82) is 0 Å². The van der Waals surface area contributed by atoms with Gasteiger partial charge in [0.15, 0.2) is 0 Å². The maximum absolute atomic E-state index is 13.1. The number of amides is 1. The lowest BCUT2D eigenvalue weighted by Gasteiger charge is -2.26. The van der Waals surface area contributed by atoms with E-state index in [0.717, 1.165) is 30.4 Å². The van der Waals surface area contributed by atoms with Crippen LogP contribution in [0.5, 0.6) is 5.75 Å². The molecule has 9 nitrogen and oxygen atoms in total.